The maximum atomic E-state index is 12.8. The van der Waals surface area contributed by atoms with Gasteiger partial charge in [0, 0.05) is 12.1 Å². The normalized spacial score (nSPS) is 13.1. The molecule has 1 aromatic heterocycles. The van der Waals surface area contributed by atoms with Crippen LogP contribution in [0.2, 0.25) is 0 Å². The Hall–Kier alpha value is -2.73. The molecule has 0 bridgehead atoms. The summed E-state index contributed by atoms with van der Waals surface area (Å²) in [6.45, 7) is 6.00. The zero-order valence-corrected chi connectivity index (χ0v) is 17.8. The molecule has 0 aliphatic carbocycles. The Kier molecular flexibility index (Phi) is 6.99. The molecule has 1 amide bonds. The number of hydrogen-bond donors (Lipinski definition) is 3. The molecule has 3 rings (SSSR count). The first-order valence-electron chi connectivity index (χ1n) is 9.81. The zero-order valence-electron chi connectivity index (χ0n) is 17.0. The number of amides is 1. The molecule has 5 nitrogen and oxygen atoms in total. The summed E-state index contributed by atoms with van der Waals surface area (Å²) in [4.78, 5) is 20.8. The van der Waals surface area contributed by atoms with Crippen LogP contribution in [0.3, 0.4) is 0 Å². The Balaban J connectivity index is 1.64. The van der Waals surface area contributed by atoms with Crippen molar-refractivity contribution in [2.45, 2.75) is 50.1 Å². The molecular formula is C23H27N3O2S. The summed E-state index contributed by atoms with van der Waals surface area (Å²) in [5, 5.41) is 13.1. The van der Waals surface area contributed by atoms with Crippen LogP contribution in [0.5, 0.6) is 5.75 Å². The third-order valence-corrected chi connectivity index (χ3v) is 6.10. The molecule has 152 valence electrons. The molecule has 29 heavy (non-hydrogen) atoms. The van der Waals surface area contributed by atoms with Gasteiger partial charge < -0.3 is 15.4 Å². The Morgan fingerprint density at radius 2 is 1.86 bits per heavy atom. The number of hydrogen-bond acceptors (Lipinski definition) is 4. The van der Waals surface area contributed by atoms with Gasteiger partial charge in [-0.3, -0.25) is 4.79 Å². The van der Waals surface area contributed by atoms with Crippen LogP contribution in [-0.4, -0.2) is 26.2 Å². The fourth-order valence-electron chi connectivity index (χ4n) is 3.09. The number of phenolic OH excluding ortho intramolecular Hbond substituents is 1. The fourth-order valence-corrected chi connectivity index (χ4v) is 4.08. The minimum Gasteiger partial charge on any atom is -0.508 e. The highest BCUT2D eigenvalue weighted by atomic mass is 32.2. The highest BCUT2D eigenvalue weighted by molar-refractivity contribution is 8.00. The minimum absolute atomic E-state index is 0.0167. The molecule has 0 fully saturated rings. The van der Waals surface area contributed by atoms with Crippen LogP contribution in [-0.2, 0) is 11.2 Å². The van der Waals surface area contributed by atoms with Crippen molar-refractivity contribution in [3.05, 3.63) is 77.1 Å². The van der Waals surface area contributed by atoms with Crippen LogP contribution in [0.1, 0.15) is 48.8 Å². The number of aromatic nitrogens is 2. The van der Waals surface area contributed by atoms with Crippen LogP contribution < -0.4 is 5.32 Å². The molecule has 1 heterocycles. The number of carbonyl (C=O) groups excluding carboxylic acids is 1. The Bertz CT molecular complexity index is 939. The molecule has 6 heteroatoms. The molecule has 2 aromatic carbocycles. The zero-order chi connectivity index (χ0) is 20.8. The monoisotopic (exact) mass is 409 g/mol. The average molecular weight is 410 g/mol. The summed E-state index contributed by atoms with van der Waals surface area (Å²) in [5.41, 5.74) is 4.11. The number of H-pyrrole nitrogens is 1. The average Bonchev–Trinajstić information content (AvgIpc) is 3.07. The van der Waals surface area contributed by atoms with Gasteiger partial charge in [-0.25, -0.2) is 4.98 Å². The third kappa shape index (κ3) is 5.64. The Labute approximate surface area is 176 Å². The van der Waals surface area contributed by atoms with Gasteiger partial charge >= 0.3 is 0 Å². The van der Waals surface area contributed by atoms with Gasteiger partial charge in [0.2, 0.25) is 5.91 Å². The Morgan fingerprint density at radius 1 is 1.17 bits per heavy atom. The van der Waals surface area contributed by atoms with Crippen LogP contribution in [0.15, 0.2) is 59.8 Å². The second kappa shape index (κ2) is 9.65. The molecule has 0 unspecified atom stereocenters. The van der Waals surface area contributed by atoms with E-state index in [1.54, 1.807) is 12.1 Å². The molecule has 3 N–H and O–H groups in total. The molecule has 0 saturated heterocycles. The molecule has 0 saturated carbocycles. The third-order valence-electron chi connectivity index (χ3n) is 4.85. The maximum Gasteiger partial charge on any atom is 0.234 e. The summed E-state index contributed by atoms with van der Waals surface area (Å²) < 4.78 is 0. The van der Waals surface area contributed by atoms with E-state index in [1.807, 2.05) is 63.2 Å². The van der Waals surface area contributed by atoms with Crippen molar-refractivity contribution in [2.75, 3.05) is 0 Å². The van der Waals surface area contributed by atoms with Gasteiger partial charge in [0.25, 0.3) is 0 Å². The van der Waals surface area contributed by atoms with Crippen molar-refractivity contribution in [1.82, 2.24) is 15.3 Å². The highest BCUT2D eigenvalue weighted by Crippen LogP contribution is 2.26. The summed E-state index contributed by atoms with van der Waals surface area (Å²) in [6.07, 6.45) is 1.39. The van der Waals surface area contributed by atoms with Gasteiger partial charge in [-0.15, -0.1) is 0 Å². The van der Waals surface area contributed by atoms with Crippen LogP contribution >= 0.6 is 11.8 Å². The number of phenols is 1. The van der Waals surface area contributed by atoms with E-state index in [4.69, 9.17) is 4.98 Å². The maximum absolute atomic E-state index is 12.8. The first-order valence-corrected chi connectivity index (χ1v) is 10.7. The van der Waals surface area contributed by atoms with Crippen LogP contribution in [0, 0.1) is 6.92 Å². The number of benzene rings is 2. The number of aryl methyl sites for hydroxylation is 1. The number of thioether (sulfide) groups is 1. The molecule has 2 atom stereocenters. The number of nitrogens with zero attached hydrogens (tertiary/aromatic N) is 1. The van der Waals surface area contributed by atoms with Crippen molar-refractivity contribution in [3.63, 3.8) is 0 Å². The summed E-state index contributed by atoms with van der Waals surface area (Å²) in [5.74, 6) is 0.272. The van der Waals surface area contributed by atoms with E-state index in [-0.39, 0.29) is 22.9 Å². The molecule has 0 aliphatic heterocycles. The van der Waals surface area contributed by atoms with Crippen LogP contribution in [0.4, 0.5) is 0 Å². The van der Waals surface area contributed by atoms with Crippen molar-refractivity contribution in [3.8, 4) is 5.75 Å². The number of imidazole rings is 1. The molecule has 0 spiro atoms. The van der Waals surface area contributed by atoms with E-state index in [2.05, 4.69) is 10.3 Å². The van der Waals surface area contributed by atoms with Crippen molar-refractivity contribution >= 4 is 17.7 Å². The lowest BCUT2D eigenvalue weighted by atomic mass is 10.1. The van der Waals surface area contributed by atoms with E-state index >= 15 is 0 Å². The van der Waals surface area contributed by atoms with E-state index in [0.29, 0.717) is 12.8 Å². The molecular weight excluding hydrogens is 382 g/mol. The second-order valence-corrected chi connectivity index (χ2v) is 8.30. The lowest BCUT2D eigenvalue weighted by Crippen LogP contribution is -2.34. The molecule has 0 aliphatic rings. The molecule has 3 aromatic rings. The van der Waals surface area contributed by atoms with Gasteiger partial charge in [0.15, 0.2) is 5.16 Å². The van der Waals surface area contributed by atoms with E-state index < -0.39 is 0 Å². The SMILES string of the molecule is CC[C@H](Sc1nc(Cc2ccc(O)cc2)c(C)[nH]1)C(=O)N[C@H](C)c1ccccc1. The largest absolute Gasteiger partial charge is 0.508 e. The van der Waals surface area contributed by atoms with Gasteiger partial charge in [-0.05, 0) is 43.5 Å². The van der Waals surface area contributed by atoms with Crippen LogP contribution in [0.25, 0.3) is 0 Å². The second-order valence-electron chi connectivity index (χ2n) is 7.11. The lowest BCUT2D eigenvalue weighted by Gasteiger charge is -2.18. The van der Waals surface area contributed by atoms with Gasteiger partial charge in [0.05, 0.1) is 17.0 Å². The fraction of sp³-hybridized carbons (Fsp3) is 0.304. The van der Waals surface area contributed by atoms with E-state index in [1.165, 1.54) is 11.8 Å². The standard InChI is InChI=1S/C23H27N3O2S/c1-4-21(22(28)24-15(2)18-8-6-5-7-9-18)29-23-25-16(3)20(26-23)14-17-10-12-19(27)13-11-17/h5-13,15,21,27H,4,14H2,1-3H3,(H,24,28)(H,25,26)/t15-,21+/m1/s1. The van der Waals surface area contributed by atoms with Gasteiger partial charge in [0.1, 0.15) is 5.75 Å². The van der Waals surface area contributed by atoms with Crippen molar-refractivity contribution < 1.29 is 9.90 Å². The highest BCUT2D eigenvalue weighted by Gasteiger charge is 2.22. The number of carbonyl (C=O) groups is 1. The predicted octanol–water partition coefficient (Wildman–Crippen LogP) is 4.76. The number of rotatable bonds is 8. The number of aromatic hydroxyl groups is 1. The molecule has 0 radical (unpaired) electrons. The first-order chi connectivity index (χ1) is 14.0. The van der Waals surface area contributed by atoms with Crippen molar-refractivity contribution in [2.24, 2.45) is 0 Å². The van der Waals surface area contributed by atoms with Gasteiger partial charge in [-0.2, -0.15) is 0 Å². The lowest BCUT2D eigenvalue weighted by molar-refractivity contribution is -0.121. The quantitative estimate of drug-likeness (QED) is 0.469. The summed E-state index contributed by atoms with van der Waals surface area (Å²) in [6, 6.07) is 17.1. The Morgan fingerprint density at radius 3 is 2.52 bits per heavy atom. The number of nitrogens with one attached hydrogen (secondary N) is 2. The number of aromatic amines is 1. The summed E-state index contributed by atoms with van der Waals surface area (Å²) >= 11 is 1.46. The smallest absolute Gasteiger partial charge is 0.234 e. The van der Waals surface area contributed by atoms with Gasteiger partial charge in [-0.1, -0.05) is 61.2 Å². The first kappa shape index (κ1) is 21.0. The summed E-state index contributed by atoms with van der Waals surface area (Å²) in [7, 11) is 0. The topological polar surface area (TPSA) is 78.0 Å². The van der Waals surface area contributed by atoms with E-state index in [9.17, 15) is 9.90 Å². The van der Waals surface area contributed by atoms with E-state index in [0.717, 1.165) is 27.7 Å². The predicted molar refractivity (Wildman–Crippen MR) is 117 cm³/mol. The van der Waals surface area contributed by atoms with Crippen molar-refractivity contribution in [1.29, 1.82) is 0 Å². The minimum atomic E-state index is -0.215.